The van der Waals surface area contributed by atoms with Gasteiger partial charge in [-0.1, -0.05) is 54.3 Å². The number of rotatable bonds is 1. The number of nitrogens with one attached hydrogen (secondary N) is 1. The molecule has 0 amide bonds. The van der Waals surface area contributed by atoms with Crippen LogP contribution in [0.1, 0.15) is 16.8 Å². The lowest BCUT2D eigenvalue weighted by Gasteiger charge is -2.03. The quantitative estimate of drug-likeness (QED) is 0.701. The maximum Gasteiger partial charge on any atom is 0.267 e. The molecule has 0 aliphatic carbocycles. The van der Waals surface area contributed by atoms with Crippen LogP contribution < -0.4 is 5.56 Å². The van der Waals surface area contributed by atoms with Crippen LogP contribution >= 0.6 is 0 Å². The third-order valence-electron chi connectivity index (χ3n) is 3.34. The van der Waals surface area contributed by atoms with Gasteiger partial charge in [0.15, 0.2) is 0 Å². The SMILES string of the molecule is Cc1nc(-c2ccccc2)[nH]c(=O)c1C#Cc1ccccc1F. The molecule has 3 rings (SSSR count). The minimum atomic E-state index is -0.414. The lowest BCUT2D eigenvalue weighted by atomic mass is 10.1. The number of hydrogen-bond acceptors (Lipinski definition) is 2. The van der Waals surface area contributed by atoms with Crippen LogP contribution in [0.15, 0.2) is 59.4 Å². The van der Waals surface area contributed by atoms with E-state index in [0.717, 1.165) is 5.56 Å². The van der Waals surface area contributed by atoms with E-state index < -0.39 is 5.82 Å². The van der Waals surface area contributed by atoms with Crippen molar-refractivity contribution >= 4 is 0 Å². The monoisotopic (exact) mass is 304 g/mol. The van der Waals surface area contributed by atoms with Gasteiger partial charge in [-0.05, 0) is 19.1 Å². The molecule has 0 bridgehead atoms. The number of aryl methyl sites for hydroxylation is 1. The van der Waals surface area contributed by atoms with Crippen LogP contribution in [0.3, 0.4) is 0 Å². The number of nitrogens with zero attached hydrogens (tertiary/aromatic N) is 1. The number of H-pyrrole nitrogens is 1. The Morgan fingerprint density at radius 1 is 1.00 bits per heavy atom. The Hall–Kier alpha value is -3.19. The summed E-state index contributed by atoms with van der Waals surface area (Å²) in [6, 6.07) is 15.5. The normalized spacial score (nSPS) is 10.0. The van der Waals surface area contributed by atoms with Gasteiger partial charge in [-0.3, -0.25) is 4.79 Å². The number of benzene rings is 2. The van der Waals surface area contributed by atoms with E-state index in [1.807, 2.05) is 30.3 Å². The van der Waals surface area contributed by atoms with E-state index in [1.54, 1.807) is 25.1 Å². The molecule has 2 aromatic carbocycles. The Kier molecular flexibility index (Phi) is 4.03. The van der Waals surface area contributed by atoms with Crippen LogP contribution in [0, 0.1) is 24.6 Å². The Morgan fingerprint density at radius 3 is 2.39 bits per heavy atom. The number of hydrogen-bond donors (Lipinski definition) is 1. The average Bonchev–Trinajstić information content (AvgIpc) is 2.56. The molecular formula is C19H13FN2O. The first-order valence-electron chi connectivity index (χ1n) is 7.08. The zero-order valence-electron chi connectivity index (χ0n) is 12.4. The smallest absolute Gasteiger partial charge is 0.267 e. The van der Waals surface area contributed by atoms with Crippen molar-refractivity contribution in [3.8, 4) is 23.2 Å². The molecule has 0 radical (unpaired) electrons. The third-order valence-corrected chi connectivity index (χ3v) is 3.34. The van der Waals surface area contributed by atoms with E-state index >= 15 is 0 Å². The summed E-state index contributed by atoms with van der Waals surface area (Å²) in [7, 11) is 0. The van der Waals surface area contributed by atoms with Gasteiger partial charge in [0.2, 0.25) is 0 Å². The highest BCUT2D eigenvalue weighted by Gasteiger charge is 2.07. The van der Waals surface area contributed by atoms with Gasteiger partial charge in [-0.25, -0.2) is 9.37 Å². The largest absolute Gasteiger partial charge is 0.305 e. The molecule has 1 N–H and O–H groups in total. The number of aromatic amines is 1. The predicted molar refractivity (Wildman–Crippen MR) is 87.4 cm³/mol. The van der Waals surface area contributed by atoms with Crippen LogP contribution in [-0.4, -0.2) is 9.97 Å². The van der Waals surface area contributed by atoms with Gasteiger partial charge in [0.1, 0.15) is 17.2 Å². The molecular weight excluding hydrogens is 291 g/mol. The second-order valence-electron chi connectivity index (χ2n) is 4.97. The molecule has 4 heteroatoms. The summed E-state index contributed by atoms with van der Waals surface area (Å²) in [5, 5.41) is 0. The molecule has 0 spiro atoms. The van der Waals surface area contributed by atoms with Crippen LogP contribution in [0.25, 0.3) is 11.4 Å². The lowest BCUT2D eigenvalue weighted by molar-refractivity contribution is 0.624. The topological polar surface area (TPSA) is 45.8 Å². The number of aromatic nitrogens is 2. The van der Waals surface area contributed by atoms with Crippen LogP contribution in [-0.2, 0) is 0 Å². The fraction of sp³-hybridized carbons (Fsp3) is 0.0526. The summed E-state index contributed by atoms with van der Waals surface area (Å²) in [5.74, 6) is 5.48. The lowest BCUT2D eigenvalue weighted by Crippen LogP contribution is -2.15. The highest BCUT2D eigenvalue weighted by molar-refractivity contribution is 5.56. The molecule has 112 valence electrons. The Bertz CT molecular complexity index is 966. The molecule has 0 atom stereocenters. The van der Waals surface area contributed by atoms with Gasteiger partial charge in [0.05, 0.1) is 11.3 Å². The Morgan fingerprint density at radius 2 is 1.70 bits per heavy atom. The number of halogens is 1. The third kappa shape index (κ3) is 3.19. The van der Waals surface area contributed by atoms with Crippen molar-refractivity contribution in [3.05, 3.63) is 87.6 Å². The van der Waals surface area contributed by atoms with Crippen molar-refractivity contribution in [2.75, 3.05) is 0 Å². The summed E-state index contributed by atoms with van der Waals surface area (Å²) in [6.45, 7) is 1.72. The summed E-state index contributed by atoms with van der Waals surface area (Å²) >= 11 is 0. The molecule has 3 aromatic rings. The van der Waals surface area contributed by atoms with Crippen molar-refractivity contribution in [1.82, 2.24) is 9.97 Å². The molecule has 3 nitrogen and oxygen atoms in total. The van der Waals surface area contributed by atoms with Gasteiger partial charge in [-0.2, -0.15) is 0 Å². The van der Waals surface area contributed by atoms with E-state index in [4.69, 9.17) is 0 Å². The molecule has 0 aliphatic heterocycles. The van der Waals surface area contributed by atoms with E-state index in [1.165, 1.54) is 6.07 Å². The van der Waals surface area contributed by atoms with Crippen molar-refractivity contribution in [3.63, 3.8) is 0 Å². The van der Waals surface area contributed by atoms with Gasteiger partial charge < -0.3 is 4.98 Å². The minimum Gasteiger partial charge on any atom is -0.305 e. The van der Waals surface area contributed by atoms with E-state index in [-0.39, 0.29) is 16.7 Å². The minimum absolute atomic E-state index is 0.243. The maximum absolute atomic E-state index is 13.6. The van der Waals surface area contributed by atoms with E-state index in [2.05, 4.69) is 21.8 Å². The molecule has 0 fully saturated rings. The van der Waals surface area contributed by atoms with Crippen molar-refractivity contribution < 1.29 is 4.39 Å². The second kappa shape index (κ2) is 6.29. The van der Waals surface area contributed by atoms with E-state index in [9.17, 15) is 9.18 Å². The molecule has 0 saturated heterocycles. The zero-order valence-corrected chi connectivity index (χ0v) is 12.4. The molecule has 0 saturated carbocycles. The van der Waals surface area contributed by atoms with Crippen molar-refractivity contribution in [2.24, 2.45) is 0 Å². The summed E-state index contributed by atoms with van der Waals surface area (Å²) in [5.41, 5.74) is 1.49. The van der Waals surface area contributed by atoms with Gasteiger partial charge in [-0.15, -0.1) is 0 Å². The standard InChI is InChI=1S/C19H13FN2O/c1-13-16(12-11-14-7-5-6-10-17(14)20)19(23)22-18(21-13)15-8-3-2-4-9-15/h2-10H,1H3,(H,21,22,23). The summed E-state index contributed by atoms with van der Waals surface area (Å²) in [4.78, 5) is 19.4. The summed E-state index contributed by atoms with van der Waals surface area (Å²) < 4.78 is 13.6. The van der Waals surface area contributed by atoms with Gasteiger partial charge in [0, 0.05) is 5.56 Å². The fourth-order valence-electron chi connectivity index (χ4n) is 2.16. The average molecular weight is 304 g/mol. The molecule has 1 heterocycles. The molecule has 23 heavy (non-hydrogen) atoms. The van der Waals surface area contributed by atoms with E-state index in [0.29, 0.717) is 11.5 Å². The molecule has 0 unspecified atom stereocenters. The zero-order chi connectivity index (χ0) is 16.2. The highest BCUT2D eigenvalue weighted by atomic mass is 19.1. The summed E-state index contributed by atoms with van der Waals surface area (Å²) in [6.07, 6.45) is 0. The predicted octanol–water partition coefficient (Wildman–Crippen LogP) is 3.28. The van der Waals surface area contributed by atoms with Crippen molar-refractivity contribution in [2.45, 2.75) is 6.92 Å². The van der Waals surface area contributed by atoms with Gasteiger partial charge >= 0.3 is 0 Å². The maximum atomic E-state index is 13.6. The first kappa shape index (κ1) is 14.7. The van der Waals surface area contributed by atoms with Crippen LogP contribution in [0.2, 0.25) is 0 Å². The molecule has 1 aromatic heterocycles. The first-order valence-corrected chi connectivity index (χ1v) is 7.08. The highest BCUT2D eigenvalue weighted by Crippen LogP contribution is 2.13. The van der Waals surface area contributed by atoms with Crippen molar-refractivity contribution in [1.29, 1.82) is 0 Å². The Labute approximate surface area is 132 Å². The van der Waals surface area contributed by atoms with Crippen LogP contribution in [0.4, 0.5) is 4.39 Å². The fourth-order valence-corrected chi connectivity index (χ4v) is 2.16. The van der Waals surface area contributed by atoms with Crippen LogP contribution in [0.5, 0.6) is 0 Å². The Balaban J connectivity index is 2.03. The second-order valence-corrected chi connectivity index (χ2v) is 4.97. The molecule has 0 aliphatic rings. The van der Waals surface area contributed by atoms with Gasteiger partial charge in [0.25, 0.3) is 5.56 Å². The first-order chi connectivity index (χ1) is 11.1.